The summed E-state index contributed by atoms with van der Waals surface area (Å²) < 4.78 is 4.89. The molecule has 0 atom stereocenters. The first-order valence-corrected chi connectivity index (χ1v) is 5.04. The molecule has 0 aliphatic heterocycles. The van der Waals surface area contributed by atoms with Gasteiger partial charge in [0.15, 0.2) is 0 Å². The Morgan fingerprint density at radius 2 is 2.18 bits per heavy atom. The Labute approximate surface area is 103 Å². The molecule has 0 amide bonds. The van der Waals surface area contributed by atoms with Crippen molar-refractivity contribution in [1.29, 1.82) is 0 Å². The Hall–Kier alpha value is -1.88. The Morgan fingerprint density at radius 1 is 1.53 bits per heavy atom. The monoisotopic (exact) mass is 255 g/mol. The fraction of sp³-hybridized carbons (Fsp3) is 0.182. The first-order valence-electron chi connectivity index (χ1n) is 4.66. The molecule has 0 aromatic heterocycles. The van der Waals surface area contributed by atoms with Crippen LogP contribution in [0.3, 0.4) is 0 Å². The number of halogens is 1. The summed E-state index contributed by atoms with van der Waals surface area (Å²) in [5.41, 5.74) is 0.406. The van der Waals surface area contributed by atoms with Gasteiger partial charge in [-0.3, -0.25) is 14.9 Å². The quantitative estimate of drug-likeness (QED) is 0.359. The van der Waals surface area contributed by atoms with Crippen LogP contribution in [0.2, 0.25) is 0 Å². The SMILES string of the molecule is COc1ccc(/C=C(\C)C(=O)Cl)c([N+](=O)[O-])c1. The number of methoxy groups -OCH3 is 1. The zero-order valence-electron chi connectivity index (χ0n) is 9.27. The summed E-state index contributed by atoms with van der Waals surface area (Å²) in [7, 11) is 1.42. The van der Waals surface area contributed by atoms with Crippen molar-refractivity contribution in [1.82, 2.24) is 0 Å². The van der Waals surface area contributed by atoms with Crippen LogP contribution < -0.4 is 4.74 Å². The maximum absolute atomic E-state index is 10.9. The van der Waals surface area contributed by atoms with Gasteiger partial charge in [-0.2, -0.15) is 0 Å². The van der Waals surface area contributed by atoms with E-state index in [-0.39, 0.29) is 11.3 Å². The third kappa shape index (κ3) is 3.29. The summed E-state index contributed by atoms with van der Waals surface area (Å²) in [4.78, 5) is 21.2. The maximum atomic E-state index is 10.9. The molecular weight excluding hydrogens is 246 g/mol. The van der Waals surface area contributed by atoms with Gasteiger partial charge in [0.25, 0.3) is 5.69 Å². The van der Waals surface area contributed by atoms with Crippen LogP contribution in [0.1, 0.15) is 12.5 Å². The van der Waals surface area contributed by atoms with E-state index < -0.39 is 10.2 Å². The third-order valence-corrected chi connectivity index (χ3v) is 2.41. The second-order valence-corrected chi connectivity index (χ2v) is 3.63. The molecule has 90 valence electrons. The Bertz CT molecular complexity index is 496. The Morgan fingerprint density at radius 3 is 2.65 bits per heavy atom. The number of allylic oxidation sites excluding steroid dienone is 1. The van der Waals surface area contributed by atoms with E-state index in [2.05, 4.69) is 0 Å². The number of carbonyl (C=O) groups excluding carboxylic acids is 1. The van der Waals surface area contributed by atoms with Crippen LogP contribution in [-0.2, 0) is 4.79 Å². The first kappa shape index (κ1) is 13.2. The fourth-order valence-electron chi connectivity index (χ4n) is 1.22. The van der Waals surface area contributed by atoms with Gasteiger partial charge in [-0.15, -0.1) is 0 Å². The van der Waals surface area contributed by atoms with Crippen molar-refractivity contribution in [2.45, 2.75) is 6.92 Å². The van der Waals surface area contributed by atoms with E-state index in [0.717, 1.165) is 0 Å². The normalized spacial score (nSPS) is 11.1. The number of nitro groups is 1. The van der Waals surface area contributed by atoms with Gasteiger partial charge < -0.3 is 4.74 Å². The Kier molecular flexibility index (Phi) is 4.23. The van der Waals surface area contributed by atoms with Gasteiger partial charge in [0, 0.05) is 5.57 Å². The lowest BCUT2D eigenvalue weighted by molar-refractivity contribution is -0.385. The first-order chi connectivity index (χ1) is 7.95. The molecule has 0 aliphatic rings. The molecule has 0 fully saturated rings. The number of hydrogen-bond donors (Lipinski definition) is 0. The summed E-state index contributed by atoms with van der Waals surface area (Å²) in [6.45, 7) is 1.49. The van der Waals surface area contributed by atoms with Gasteiger partial charge in [0.1, 0.15) is 5.75 Å². The van der Waals surface area contributed by atoms with Crippen molar-refractivity contribution in [3.05, 3.63) is 39.4 Å². The smallest absolute Gasteiger partial charge is 0.280 e. The highest BCUT2D eigenvalue weighted by Crippen LogP contribution is 2.26. The molecule has 1 aromatic rings. The zero-order valence-corrected chi connectivity index (χ0v) is 10.0. The van der Waals surface area contributed by atoms with Gasteiger partial charge in [0.2, 0.25) is 5.24 Å². The minimum atomic E-state index is -0.643. The van der Waals surface area contributed by atoms with Crippen molar-refractivity contribution < 1.29 is 14.5 Å². The van der Waals surface area contributed by atoms with Crippen LogP contribution in [0.25, 0.3) is 6.08 Å². The molecule has 0 heterocycles. The van der Waals surface area contributed by atoms with Crippen LogP contribution in [0.5, 0.6) is 5.75 Å². The molecule has 0 saturated carbocycles. The van der Waals surface area contributed by atoms with E-state index in [4.69, 9.17) is 16.3 Å². The van der Waals surface area contributed by atoms with Gasteiger partial charge in [-0.25, -0.2) is 0 Å². The number of ether oxygens (including phenoxy) is 1. The second-order valence-electron chi connectivity index (χ2n) is 3.28. The molecule has 5 nitrogen and oxygen atoms in total. The van der Waals surface area contributed by atoms with Crippen LogP contribution in [-0.4, -0.2) is 17.3 Å². The van der Waals surface area contributed by atoms with E-state index >= 15 is 0 Å². The number of benzene rings is 1. The largest absolute Gasteiger partial charge is 0.497 e. The van der Waals surface area contributed by atoms with Crippen LogP contribution >= 0.6 is 11.6 Å². The van der Waals surface area contributed by atoms with E-state index in [1.807, 2.05) is 0 Å². The molecular formula is C11H10ClNO4. The molecule has 0 aliphatic carbocycles. The molecule has 6 heteroatoms. The lowest BCUT2D eigenvalue weighted by Crippen LogP contribution is -1.95. The lowest BCUT2D eigenvalue weighted by Gasteiger charge is -2.02. The van der Waals surface area contributed by atoms with E-state index in [1.54, 1.807) is 6.07 Å². The number of hydrogen-bond acceptors (Lipinski definition) is 4. The van der Waals surface area contributed by atoms with Crippen molar-refractivity contribution in [2.24, 2.45) is 0 Å². The van der Waals surface area contributed by atoms with Gasteiger partial charge >= 0.3 is 0 Å². The predicted molar refractivity (Wildman–Crippen MR) is 64.2 cm³/mol. The minimum Gasteiger partial charge on any atom is -0.497 e. The van der Waals surface area contributed by atoms with Gasteiger partial charge in [-0.1, -0.05) is 0 Å². The number of nitrogens with zero attached hydrogens (tertiary/aromatic N) is 1. The molecule has 0 radical (unpaired) electrons. The number of carbonyl (C=O) groups is 1. The van der Waals surface area contributed by atoms with Gasteiger partial charge in [0.05, 0.1) is 23.7 Å². The van der Waals surface area contributed by atoms with E-state index in [9.17, 15) is 14.9 Å². The van der Waals surface area contributed by atoms with Crippen molar-refractivity contribution in [3.63, 3.8) is 0 Å². The molecule has 1 aromatic carbocycles. The molecule has 0 saturated heterocycles. The highest BCUT2D eigenvalue weighted by molar-refractivity contribution is 6.68. The van der Waals surface area contributed by atoms with E-state index in [1.165, 1.54) is 32.2 Å². The van der Waals surface area contributed by atoms with Crippen LogP contribution in [0, 0.1) is 10.1 Å². The van der Waals surface area contributed by atoms with Crippen LogP contribution in [0.4, 0.5) is 5.69 Å². The molecule has 0 N–H and O–H groups in total. The predicted octanol–water partition coefficient (Wildman–Crippen LogP) is 2.77. The molecule has 0 unspecified atom stereocenters. The highest BCUT2D eigenvalue weighted by Gasteiger charge is 2.14. The number of rotatable bonds is 4. The zero-order chi connectivity index (χ0) is 13.0. The number of nitro benzene ring substituents is 1. The molecule has 0 spiro atoms. The summed E-state index contributed by atoms with van der Waals surface area (Å²) in [5, 5.41) is 10.2. The third-order valence-electron chi connectivity index (χ3n) is 2.12. The summed E-state index contributed by atoms with van der Waals surface area (Å²) >= 11 is 5.27. The molecule has 1 rings (SSSR count). The van der Waals surface area contributed by atoms with Crippen molar-refractivity contribution in [3.8, 4) is 5.75 Å². The van der Waals surface area contributed by atoms with Crippen LogP contribution in [0.15, 0.2) is 23.8 Å². The highest BCUT2D eigenvalue weighted by atomic mass is 35.5. The van der Waals surface area contributed by atoms with Crippen molar-refractivity contribution >= 4 is 28.6 Å². The van der Waals surface area contributed by atoms with E-state index in [0.29, 0.717) is 11.3 Å². The standard InChI is InChI=1S/C11H10ClNO4/c1-7(11(12)14)5-8-3-4-9(17-2)6-10(8)13(15)16/h3-6H,1-2H3/b7-5+. The maximum Gasteiger partial charge on any atom is 0.280 e. The lowest BCUT2D eigenvalue weighted by atomic mass is 10.1. The van der Waals surface area contributed by atoms with Crippen molar-refractivity contribution in [2.75, 3.05) is 7.11 Å². The summed E-state index contributed by atoms with van der Waals surface area (Å²) in [5.74, 6) is 0.378. The molecule has 0 bridgehead atoms. The Balaban J connectivity index is 3.29. The second kappa shape index (κ2) is 5.45. The topological polar surface area (TPSA) is 69.4 Å². The summed E-state index contributed by atoms with van der Waals surface area (Å²) in [6, 6.07) is 4.36. The van der Waals surface area contributed by atoms with Gasteiger partial charge in [-0.05, 0) is 36.7 Å². The summed E-state index contributed by atoms with van der Waals surface area (Å²) in [6.07, 6.45) is 1.37. The fourth-order valence-corrected chi connectivity index (χ4v) is 1.28. The molecule has 17 heavy (non-hydrogen) atoms. The average molecular weight is 256 g/mol. The average Bonchev–Trinajstić information content (AvgIpc) is 2.29. The minimum absolute atomic E-state index is 0.137.